The van der Waals surface area contributed by atoms with E-state index in [9.17, 15) is 46.1 Å². The lowest BCUT2D eigenvalue weighted by Gasteiger charge is -2.33. The van der Waals surface area contributed by atoms with E-state index in [0.717, 1.165) is 0 Å². The molecule has 0 saturated heterocycles. The second kappa shape index (κ2) is 6.88. The van der Waals surface area contributed by atoms with E-state index in [-0.39, 0.29) is 12.1 Å². The summed E-state index contributed by atoms with van der Waals surface area (Å²) in [5, 5.41) is 0. The molecule has 4 rings (SSSR count). The number of fused-ring (bicyclic) bond motifs is 2. The molecule has 33 heavy (non-hydrogen) atoms. The van der Waals surface area contributed by atoms with Crippen molar-refractivity contribution in [2.24, 2.45) is 0 Å². The molecule has 0 aromatic heterocycles. The number of carbonyl (C=O) groups excluding carboxylic acids is 5. The Labute approximate surface area is 176 Å². The summed E-state index contributed by atoms with van der Waals surface area (Å²) in [6.45, 7) is 0. The highest BCUT2D eigenvalue weighted by Gasteiger charge is 2.67. The lowest BCUT2D eigenvalue weighted by atomic mass is 9.72. The topological polar surface area (TPSA) is 113 Å². The van der Waals surface area contributed by atoms with Crippen molar-refractivity contribution in [1.29, 1.82) is 0 Å². The van der Waals surface area contributed by atoms with Crippen LogP contribution in [0.4, 0.5) is 26.5 Å². The number of ether oxygens (including phenoxy) is 2. The lowest BCUT2D eigenvalue weighted by Crippen LogP contribution is -2.51. The number of cyclic esters (lactones) is 4. The highest BCUT2D eigenvalue weighted by molar-refractivity contribution is 6.16. The van der Waals surface area contributed by atoms with Crippen molar-refractivity contribution in [1.82, 2.24) is 0 Å². The van der Waals surface area contributed by atoms with E-state index in [4.69, 9.17) is 0 Å². The third-order valence-electron chi connectivity index (χ3n) is 5.09. The van der Waals surface area contributed by atoms with Gasteiger partial charge < -0.3 is 9.47 Å². The van der Waals surface area contributed by atoms with E-state index in [2.05, 4.69) is 14.4 Å². The van der Waals surface area contributed by atoms with E-state index < -0.39 is 86.5 Å². The average Bonchev–Trinajstić information content (AvgIpc) is 3.19. The zero-order valence-corrected chi connectivity index (χ0v) is 15.3. The van der Waals surface area contributed by atoms with E-state index in [1.165, 1.54) is 0 Å². The first kappa shape index (κ1) is 22.0. The molecule has 0 N–H and O–H groups in total. The van der Waals surface area contributed by atoms with Gasteiger partial charge in [0.25, 0.3) is 0 Å². The number of rotatable bonds is 3. The number of hydrogen-bond donors (Lipinski definition) is 0. The molecule has 14 heteroatoms. The third-order valence-corrected chi connectivity index (χ3v) is 5.09. The average molecular weight is 474 g/mol. The zero-order chi connectivity index (χ0) is 24.5. The monoisotopic (exact) mass is 474 g/mol. The number of esters is 4. The minimum atomic E-state index is -6.00. The summed E-state index contributed by atoms with van der Waals surface area (Å²) in [7, 11) is 0. The molecular formula is C19H4F6O8. The fraction of sp³-hybridized carbons (Fsp3) is 0.105. The standard InChI is InChI=1S/C19H4F6O8/c20-9-4-8(12(21)11-10(9)15(28)32-16(11)29)18(17(30)33-25,19(22,23)24)5-1-2-6-7(3-5)14(27)31-13(6)26/h1-4H. The first-order chi connectivity index (χ1) is 15.4. The molecular weight excluding hydrogens is 470 g/mol. The first-order valence-corrected chi connectivity index (χ1v) is 8.46. The van der Waals surface area contributed by atoms with Gasteiger partial charge in [0.2, 0.25) is 5.41 Å². The Bertz CT molecular complexity index is 1310. The first-order valence-electron chi connectivity index (χ1n) is 8.46. The molecule has 2 heterocycles. The molecule has 0 saturated carbocycles. The maximum absolute atomic E-state index is 15.2. The Balaban J connectivity index is 2.14. The molecule has 170 valence electrons. The molecule has 2 aromatic rings. The highest BCUT2D eigenvalue weighted by atomic mass is 19.4. The minimum absolute atomic E-state index is 0.255. The van der Waals surface area contributed by atoms with Gasteiger partial charge in [0.1, 0.15) is 22.8 Å². The number of alkyl halides is 3. The summed E-state index contributed by atoms with van der Waals surface area (Å²) < 4.78 is 94.2. The Morgan fingerprint density at radius 3 is 2.00 bits per heavy atom. The molecule has 2 aliphatic rings. The predicted molar refractivity (Wildman–Crippen MR) is 86.3 cm³/mol. The lowest BCUT2D eigenvalue weighted by molar-refractivity contribution is -0.226. The van der Waals surface area contributed by atoms with Crippen LogP contribution in [0.1, 0.15) is 52.6 Å². The quantitative estimate of drug-likeness (QED) is 0.379. The van der Waals surface area contributed by atoms with Gasteiger partial charge in [0.05, 0.1) is 11.1 Å². The van der Waals surface area contributed by atoms with Crippen molar-refractivity contribution in [2.45, 2.75) is 11.6 Å². The summed E-state index contributed by atoms with van der Waals surface area (Å²) in [6, 6.07) is 1.02. The number of carbonyl (C=O) groups is 5. The maximum Gasteiger partial charge on any atom is 0.413 e. The summed E-state index contributed by atoms with van der Waals surface area (Å²) in [5.41, 5.74) is -12.1. The second-order valence-corrected chi connectivity index (χ2v) is 6.70. The fourth-order valence-electron chi connectivity index (χ4n) is 3.67. The molecule has 2 aliphatic heterocycles. The maximum atomic E-state index is 15.2. The van der Waals surface area contributed by atoms with Gasteiger partial charge in [-0.25, -0.2) is 32.8 Å². The zero-order valence-electron chi connectivity index (χ0n) is 15.3. The van der Waals surface area contributed by atoms with Crippen LogP contribution in [0.5, 0.6) is 0 Å². The van der Waals surface area contributed by atoms with Crippen molar-refractivity contribution in [3.63, 3.8) is 0 Å². The van der Waals surface area contributed by atoms with Crippen LogP contribution in [0.3, 0.4) is 0 Å². The molecule has 8 nitrogen and oxygen atoms in total. The summed E-state index contributed by atoms with van der Waals surface area (Å²) >= 11 is 0. The van der Waals surface area contributed by atoms with Crippen molar-refractivity contribution < 1.29 is 64.9 Å². The van der Waals surface area contributed by atoms with Crippen LogP contribution in [0.25, 0.3) is 0 Å². The van der Waals surface area contributed by atoms with Crippen LogP contribution in [0.15, 0.2) is 24.3 Å². The van der Waals surface area contributed by atoms with Crippen molar-refractivity contribution in [2.75, 3.05) is 0 Å². The summed E-state index contributed by atoms with van der Waals surface area (Å²) in [5.74, 6) is -13.2. The van der Waals surface area contributed by atoms with Gasteiger partial charge in [-0.3, -0.25) is 4.94 Å². The van der Waals surface area contributed by atoms with E-state index >= 15 is 4.39 Å². The summed E-state index contributed by atoms with van der Waals surface area (Å²) in [4.78, 5) is 61.7. The molecule has 1 unspecified atom stereocenters. The van der Waals surface area contributed by atoms with Crippen LogP contribution < -0.4 is 0 Å². The van der Waals surface area contributed by atoms with Crippen LogP contribution in [-0.2, 0) is 24.6 Å². The van der Waals surface area contributed by atoms with Crippen LogP contribution in [0, 0.1) is 11.6 Å². The fourth-order valence-corrected chi connectivity index (χ4v) is 3.67. The van der Waals surface area contributed by atoms with Crippen molar-refractivity contribution >= 4 is 29.8 Å². The number of halogens is 6. The summed E-state index contributed by atoms with van der Waals surface area (Å²) in [6.07, 6.45) is -6.00. The normalized spacial score (nSPS) is 16.7. The molecule has 0 amide bonds. The van der Waals surface area contributed by atoms with Crippen molar-refractivity contribution in [3.8, 4) is 0 Å². The van der Waals surface area contributed by atoms with E-state index in [1.54, 1.807) is 0 Å². The number of benzene rings is 2. The molecule has 2 aromatic carbocycles. The van der Waals surface area contributed by atoms with Gasteiger partial charge in [-0.15, -0.1) is 0 Å². The highest BCUT2D eigenvalue weighted by Crippen LogP contribution is 2.50. The Morgan fingerprint density at radius 2 is 1.39 bits per heavy atom. The molecule has 0 spiro atoms. The van der Waals surface area contributed by atoms with Gasteiger partial charge in [0.15, 0.2) is 0 Å². The Morgan fingerprint density at radius 1 is 0.818 bits per heavy atom. The van der Waals surface area contributed by atoms with Crippen LogP contribution in [-0.4, -0.2) is 36.0 Å². The smallest absolute Gasteiger partial charge is 0.386 e. The largest absolute Gasteiger partial charge is 0.413 e. The molecule has 1 atom stereocenters. The Kier molecular flexibility index (Phi) is 4.58. The molecule has 0 fully saturated rings. The van der Waals surface area contributed by atoms with Crippen molar-refractivity contribution in [3.05, 3.63) is 69.3 Å². The Hall–Kier alpha value is -4.23. The van der Waals surface area contributed by atoms with Gasteiger partial charge in [-0.2, -0.15) is 13.2 Å². The second-order valence-electron chi connectivity index (χ2n) is 6.70. The molecule has 0 radical (unpaired) electrons. The number of hydrogen-bond acceptors (Lipinski definition) is 8. The molecule has 0 bridgehead atoms. The van der Waals surface area contributed by atoms with Gasteiger partial charge in [-0.1, -0.05) is 6.07 Å². The van der Waals surface area contributed by atoms with Gasteiger partial charge >= 0.3 is 36.0 Å². The molecule has 0 aliphatic carbocycles. The van der Waals surface area contributed by atoms with E-state index in [1.807, 2.05) is 0 Å². The predicted octanol–water partition coefficient (Wildman–Crippen LogP) is 2.86. The SMILES string of the molecule is O=C1OC(=O)c2cc(C(C(=O)OF)(c3cc(F)c4c(c3F)C(=O)OC4=O)C(F)(F)F)ccc21. The van der Waals surface area contributed by atoms with Gasteiger partial charge in [-0.05, 0) is 23.8 Å². The minimum Gasteiger partial charge on any atom is -0.386 e. The van der Waals surface area contributed by atoms with E-state index in [0.29, 0.717) is 12.1 Å². The van der Waals surface area contributed by atoms with Crippen LogP contribution in [0.2, 0.25) is 0 Å². The van der Waals surface area contributed by atoms with Crippen LogP contribution >= 0.6 is 0 Å². The third kappa shape index (κ3) is 2.76. The van der Waals surface area contributed by atoms with Gasteiger partial charge in [0, 0.05) is 10.1 Å².